The van der Waals surface area contributed by atoms with Gasteiger partial charge in [-0.25, -0.2) is 9.59 Å². The van der Waals surface area contributed by atoms with E-state index >= 15 is 0 Å². The molecule has 2 rings (SSSR count). The fourth-order valence-corrected chi connectivity index (χ4v) is 2.77. The van der Waals surface area contributed by atoms with Crippen LogP contribution in [-0.2, 0) is 23.9 Å². The number of nitrogens with one attached hydrogen (secondary N) is 1. The topological polar surface area (TPSA) is 90.9 Å². The zero-order valence-electron chi connectivity index (χ0n) is 17.4. The summed E-state index contributed by atoms with van der Waals surface area (Å²) in [6.45, 7) is 3.02. The molecule has 7 nitrogen and oxygen atoms in total. The number of hydrogen-bond donors (Lipinski definition) is 1. The first kappa shape index (κ1) is 22.9. The molecular formula is C23H27NO6. The van der Waals surface area contributed by atoms with Gasteiger partial charge in [-0.05, 0) is 35.6 Å². The molecule has 1 amide bonds. The summed E-state index contributed by atoms with van der Waals surface area (Å²) in [4.78, 5) is 35.5. The van der Waals surface area contributed by atoms with Gasteiger partial charge in [-0.2, -0.15) is 0 Å². The lowest BCUT2D eigenvalue weighted by Gasteiger charge is -2.18. The first-order chi connectivity index (χ1) is 14.4. The van der Waals surface area contributed by atoms with Crippen molar-refractivity contribution in [1.29, 1.82) is 0 Å². The maximum absolute atomic E-state index is 12.0. The summed E-state index contributed by atoms with van der Waals surface area (Å²) >= 11 is 0. The van der Waals surface area contributed by atoms with E-state index < -0.39 is 30.5 Å². The molecule has 0 heterocycles. The van der Waals surface area contributed by atoms with Gasteiger partial charge in [0.05, 0.1) is 7.11 Å². The van der Waals surface area contributed by atoms with Gasteiger partial charge in [0.25, 0.3) is 5.91 Å². The Morgan fingerprint density at radius 3 is 2.13 bits per heavy atom. The van der Waals surface area contributed by atoms with Crippen LogP contribution < -0.4 is 10.1 Å². The normalized spacial score (nSPS) is 11.5. The number of esters is 2. The van der Waals surface area contributed by atoms with Gasteiger partial charge in [-0.15, -0.1) is 0 Å². The molecular weight excluding hydrogens is 386 g/mol. The van der Waals surface area contributed by atoms with Gasteiger partial charge < -0.3 is 19.5 Å². The van der Waals surface area contributed by atoms with Crippen LogP contribution in [0.5, 0.6) is 5.75 Å². The minimum Gasteiger partial charge on any atom is -0.482 e. The highest BCUT2D eigenvalue weighted by molar-refractivity contribution is 5.86. The molecule has 1 N–H and O–H groups in total. The highest BCUT2D eigenvalue weighted by atomic mass is 16.6. The Hall–Kier alpha value is -3.35. The second-order valence-corrected chi connectivity index (χ2v) is 7.11. The first-order valence-electron chi connectivity index (χ1n) is 9.70. The molecule has 0 spiro atoms. The molecule has 2 aromatic rings. The van der Waals surface area contributed by atoms with Crippen LogP contribution in [0.25, 0.3) is 11.1 Å². The molecule has 0 fully saturated rings. The summed E-state index contributed by atoms with van der Waals surface area (Å²) in [6.07, 6.45) is 0.425. The van der Waals surface area contributed by atoms with Gasteiger partial charge >= 0.3 is 11.9 Å². The Kier molecular flexibility index (Phi) is 8.87. The number of hydrogen-bond acceptors (Lipinski definition) is 6. The molecule has 1 atom stereocenters. The van der Waals surface area contributed by atoms with Gasteiger partial charge in [-0.3, -0.25) is 4.79 Å². The van der Waals surface area contributed by atoms with Gasteiger partial charge in [0, 0.05) is 0 Å². The standard InChI is InChI=1S/C23H27NO6/c1-16(2)13-20(23(27)28-3)24-21(25)14-30-22(26)15-29-19-11-9-18(10-12-19)17-7-5-4-6-8-17/h4-12,16,20H,13-15H2,1-3H3,(H,24,25)/t20-/m0/s1. The van der Waals surface area contributed by atoms with E-state index in [2.05, 4.69) is 10.1 Å². The van der Waals surface area contributed by atoms with E-state index in [1.165, 1.54) is 7.11 Å². The highest BCUT2D eigenvalue weighted by Gasteiger charge is 2.23. The zero-order chi connectivity index (χ0) is 21.9. The number of carbonyl (C=O) groups excluding carboxylic acids is 3. The number of amides is 1. The van der Waals surface area contributed by atoms with Gasteiger partial charge in [0.2, 0.25) is 0 Å². The van der Waals surface area contributed by atoms with E-state index in [0.717, 1.165) is 11.1 Å². The summed E-state index contributed by atoms with van der Waals surface area (Å²) in [5, 5.41) is 2.52. The monoisotopic (exact) mass is 413 g/mol. The average molecular weight is 413 g/mol. The fourth-order valence-electron chi connectivity index (χ4n) is 2.77. The molecule has 0 saturated heterocycles. The maximum Gasteiger partial charge on any atom is 0.344 e. The smallest absolute Gasteiger partial charge is 0.344 e. The van der Waals surface area contributed by atoms with E-state index in [1.54, 1.807) is 12.1 Å². The number of carbonyl (C=O) groups is 3. The van der Waals surface area contributed by atoms with E-state index in [-0.39, 0.29) is 12.5 Å². The number of methoxy groups -OCH3 is 1. The summed E-state index contributed by atoms with van der Waals surface area (Å²) < 4.78 is 15.0. The quantitative estimate of drug-likeness (QED) is 0.602. The van der Waals surface area contributed by atoms with Crippen LogP contribution in [0, 0.1) is 5.92 Å². The van der Waals surface area contributed by atoms with Crippen LogP contribution in [0.1, 0.15) is 20.3 Å². The SMILES string of the molecule is COC(=O)[C@H](CC(C)C)NC(=O)COC(=O)COc1ccc(-c2ccccc2)cc1. The number of ether oxygens (including phenoxy) is 3. The van der Waals surface area contributed by atoms with Crippen LogP contribution in [0.15, 0.2) is 54.6 Å². The molecule has 30 heavy (non-hydrogen) atoms. The van der Waals surface area contributed by atoms with Crippen LogP contribution in [0.4, 0.5) is 0 Å². The zero-order valence-corrected chi connectivity index (χ0v) is 17.4. The van der Waals surface area contributed by atoms with Crippen molar-refractivity contribution < 1.29 is 28.6 Å². The van der Waals surface area contributed by atoms with Crippen molar-refractivity contribution in [1.82, 2.24) is 5.32 Å². The Morgan fingerprint density at radius 2 is 1.53 bits per heavy atom. The molecule has 0 aliphatic heterocycles. The molecule has 160 valence electrons. The Morgan fingerprint density at radius 1 is 0.900 bits per heavy atom. The molecule has 0 bridgehead atoms. The van der Waals surface area contributed by atoms with Crippen molar-refractivity contribution in [3.05, 3.63) is 54.6 Å². The van der Waals surface area contributed by atoms with Crippen molar-refractivity contribution in [3.63, 3.8) is 0 Å². The number of rotatable bonds is 10. The van der Waals surface area contributed by atoms with Crippen molar-refractivity contribution in [2.75, 3.05) is 20.3 Å². The van der Waals surface area contributed by atoms with Crippen molar-refractivity contribution in [3.8, 4) is 16.9 Å². The summed E-state index contributed by atoms with van der Waals surface area (Å²) in [5.41, 5.74) is 2.11. The first-order valence-corrected chi connectivity index (χ1v) is 9.70. The third-order valence-corrected chi connectivity index (χ3v) is 4.21. The van der Waals surface area contributed by atoms with Gasteiger partial charge in [-0.1, -0.05) is 56.3 Å². The van der Waals surface area contributed by atoms with E-state index in [0.29, 0.717) is 12.2 Å². The number of benzene rings is 2. The lowest BCUT2D eigenvalue weighted by atomic mass is 10.0. The minimum atomic E-state index is -0.777. The van der Waals surface area contributed by atoms with Crippen LogP contribution >= 0.6 is 0 Å². The van der Waals surface area contributed by atoms with Crippen molar-refractivity contribution in [2.45, 2.75) is 26.3 Å². The van der Waals surface area contributed by atoms with Gasteiger partial charge in [0.15, 0.2) is 13.2 Å². The maximum atomic E-state index is 12.0. The second-order valence-electron chi connectivity index (χ2n) is 7.11. The summed E-state index contributed by atoms with van der Waals surface area (Å²) in [6, 6.07) is 16.4. The predicted octanol–water partition coefficient (Wildman–Crippen LogP) is 2.98. The lowest BCUT2D eigenvalue weighted by Crippen LogP contribution is -2.44. The van der Waals surface area contributed by atoms with Crippen LogP contribution in [0.3, 0.4) is 0 Å². The molecule has 0 radical (unpaired) electrons. The largest absolute Gasteiger partial charge is 0.482 e. The Balaban J connectivity index is 1.76. The summed E-state index contributed by atoms with van der Waals surface area (Å²) in [5.74, 6) is -1.11. The minimum absolute atomic E-state index is 0.179. The second kappa shape index (κ2) is 11.6. The van der Waals surface area contributed by atoms with Crippen LogP contribution in [0.2, 0.25) is 0 Å². The third kappa shape index (κ3) is 7.58. The molecule has 0 aliphatic rings. The van der Waals surface area contributed by atoms with E-state index in [9.17, 15) is 14.4 Å². The summed E-state index contributed by atoms with van der Waals surface area (Å²) in [7, 11) is 1.26. The lowest BCUT2D eigenvalue weighted by molar-refractivity contribution is -0.151. The molecule has 7 heteroatoms. The van der Waals surface area contributed by atoms with Crippen molar-refractivity contribution >= 4 is 17.8 Å². The molecule has 0 aromatic heterocycles. The average Bonchev–Trinajstić information content (AvgIpc) is 2.76. The van der Waals surface area contributed by atoms with E-state index in [4.69, 9.17) is 9.47 Å². The van der Waals surface area contributed by atoms with Crippen LogP contribution in [-0.4, -0.2) is 44.2 Å². The highest BCUT2D eigenvalue weighted by Crippen LogP contribution is 2.22. The predicted molar refractivity (Wildman–Crippen MR) is 112 cm³/mol. The van der Waals surface area contributed by atoms with Crippen molar-refractivity contribution in [2.24, 2.45) is 5.92 Å². The van der Waals surface area contributed by atoms with Gasteiger partial charge in [0.1, 0.15) is 11.8 Å². The molecule has 0 aliphatic carbocycles. The Bertz CT molecular complexity index is 833. The van der Waals surface area contributed by atoms with E-state index in [1.807, 2.05) is 56.3 Å². The molecule has 0 unspecified atom stereocenters. The third-order valence-electron chi connectivity index (χ3n) is 4.21. The fraction of sp³-hybridized carbons (Fsp3) is 0.348. The molecule has 2 aromatic carbocycles. The molecule has 0 saturated carbocycles. The Labute approximate surface area is 176 Å².